The quantitative estimate of drug-likeness (QED) is 0.676. The summed E-state index contributed by atoms with van der Waals surface area (Å²) < 4.78 is 1.69. The first-order valence-corrected chi connectivity index (χ1v) is 4.46. The predicted octanol–water partition coefficient (Wildman–Crippen LogP) is -0.181. The Morgan fingerprint density at radius 3 is 2.73 bits per heavy atom. The van der Waals surface area contributed by atoms with Crippen molar-refractivity contribution in [2.75, 3.05) is 0 Å². The number of aromatic nitrogens is 2. The molecular weight excluding hydrogens is 198 g/mol. The minimum Gasteiger partial charge on any atom is -0.481 e. The average molecular weight is 211 g/mol. The van der Waals surface area contributed by atoms with Gasteiger partial charge in [0.2, 0.25) is 5.91 Å². The van der Waals surface area contributed by atoms with Crippen molar-refractivity contribution in [2.45, 2.75) is 19.9 Å². The number of carboxylic acids is 1. The zero-order valence-electron chi connectivity index (χ0n) is 8.65. The highest BCUT2D eigenvalue weighted by Crippen LogP contribution is 2.04. The molecule has 1 rings (SSSR count). The molecule has 6 heteroatoms. The molecule has 0 aromatic carbocycles. The van der Waals surface area contributed by atoms with Crippen molar-refractivity contribution < 1.29 is 14.7 Å². The maximum absolute atomic E-state index is 11.0. The van der Waals surface area contributed by atoms with Gasteiger partial charge in [-0.2, -0.15) is 5.10 Å². The Morgan fingerprint density at radius 1 is 1.60 bits per heavy atom. The first-order chi connectivity index (χ1) is 7.00. The third kappa shape index (κ3) is 3.08. The Hall–Kier alpha value is -1.85. The topological polar surface area (TPSA) is 84.2 Å². The number of hydrogen-bond donors (Lipinski definition) is 2. The first-order valence-electron chi connectivity index (χ1n) is 4.46. The van der Waals surface area contributed by atoms with Gasteiger partial charge in [0.05, 0.1) is 6.20 Å². The lowest BCUT2D eigenvalue weighted by Gasteiger charge is -2.02. The highest BCUT2D eigenvalue weighted by Gasteiger charge is 2.08. The number of nitrogens with zero attached hydrogens (tertiary/aromatic N) is 2. The van der Waals surface area contributed by atoms with Crippen molar-refractivity contribution in [3.63, 3.8) is 0 Å². The zero-order valence-corrected chi connectivity index (χ0v) is 8.65. The molecule has 1 aromatic heterocycles. The molecule has 1 aromatic rings. The van der Waals surface area contributed by atoms with Gasteiger partial charge in [-0.1, -0.05) is 0 Å². The third-order valence-corrected chi connectivity index (χ3v) is 2.12. The number of carbonyl (C=O) groups is 2. The second kappa shape index (κ2) is 4.59. The van der Waals surface area contributed by atoms with Gasteiger partial charge in [0.1, 0.15) is 6.42 Å². The fourth-order valence-corrected chi connectivity index (χ4v) is 1.11. The van der Waals surface area contributed by atoms with Gasteiger partial charge in [-0.3, -0.25) is 14.3 Å². The van der Waals surface area contributed by atoms with Gasteiger partial charge in [-0.05, 0) is 6.92 Å². The molecule has 82 valence electrons. The van der Waals surface area contributed by atoms with Crippen LogP contribution in [-0.4, -0.2) is 26.8 Å². The maximum Gasteiger partial charge on any atom is 0.312 e. The van der Waals surface area contributed by atoms with Crippen LogP contribution in [0, 0.1) is 6.92 Å². The van der Waals surface area contributed by atoms with Crippen molar-refractivity contribution >= 4 is 11.9 Å². The minimum absolute atomic E-state index is 0.311. The van der Waals surface area contributed by atoms with E-state index in [9.17, 15) is 9.59 Å². The number of hydrogen-bond acceptors (Lipinski definition) is 3. The van der Waals surface area contributed by atoms with Crippen LogP contribution < -0.4 is 5.32 Å². The Balaban J connectivity index is 2.47. The summed E-state index contributed by atoms with van der Waals surface area (Å²) in [4.78, 5) is 21.2. The molecule has 0 spiro atoms. The van der Waals surface area contributed by atoms with Gasteiger partial charge in [0.25, 0.3) is 0 Å². The van der Waals surface area contributed by atoms with E-state index in [0.717, 1.165) is 11.3 Å². The van der Waals surface area contributed by atoms with E-state index in [4.69, 9.17) is 5.11 Å². The van der Waals surface area contributed by atoms with Crippen molar-refractivity contribution in [3.05, 3.63) is 17.5 Å². The Bertz CT molecular complexity index is 384. The van der Waals surface area contributed by atoms with Gasteiger partial charge in [0, 0.05) is 24.8 Å². The van der Waals surface area contributed by atoms with Gasteiger partial charge in [0.15, 0.2) is 0 Å². The fourth-order valence-electron chi connectivity index (χ4n) is 1.11. The molecule has 0 saturated carbocycles. The van der Waals surface area contributed by atoms with Crippen LogP contribution in [0.3, 0.4) is 0 Å². The summed E-state index contributed by atoms with van der Waals surface area (Å²) in [7, 11) is 1.80. The third-order valence-electron chi connectivity index (χ3n) is 2.12. The van der Waals surface area contributed by atoms with Gasteiger partial charge in [-0.25, -0.2) is 0 Å². The molecule has 0 aliphatic heterocycles. The second-order valence-electron chi connectivity index (χ2n) is 3.23. The molecular formula is C9H13N3O3. The summed E-state index contributed by atoms with van der Waals surface area (Å²) in [5.41, 5.74) is 1.84. The molecule has 0 fully saturated rings. The van der Waals surface area contributed by atoms with E-state index >= 15 is 0 Å². The van der Waals surface area contributed by atoms with Crippen LogP contribution in [0.5, 0.6) is 0 Å². The highest BCUT2D eigenvalue weighted by atomic mass is 16.4. The fraction of sp³-hybridized carbons (Fsp3) is 0.444. The molecule has 6 nitrogen and oxygen atoms in total. The number of aryl methyl sites for hydroxylation is 1. The number of amides is 1. The molecule has 0 unspecified atom stereocenters. The summed E-state index contributed by atoms with van der Waals surface area (Å²) in [6, 6.07) is 0. The number of carboxylic acid groups (broad SMARTS) is 1. The Morgan fingerprint density at radius 2 is 2.27 bits per heavy atom. The lowest BCUT2D eigenvalue weighted by molar-refractivity contribution is -0.140. The van der Waals surface area contributed by atoms with Gasteiger partial charge < -0.3 is 10.4 Å². The summed E-state index contributed by atoms with van der Waals surface area (Å²) in [5.74, 6) is -1.62. The van der Waals surface area contributed by atoms with E-state index in [1.807, 2.05) is 6.92 Å². The monoisotopic (exact) mass is 211 g/mol. The summed E-state index contributed by atoms with van der Waals surface area (Å²) in [5, 5.41) is 14.9. The van der Waals surface area contributed by atoms with Crippen LogP contribution >= 0.6 is 0 Å². The van der Waals surface area contributed by atoms with Crippen LogP contribution in [0.1, 0.15) is 17.7 Å². The van der Waals surface area contributed by atoms with E-state index < -0.39 is 18.3 Å². The molecule has 0 aliphatic carbocycles. The molecule has 0 bridgehead atoms. The van der Waals surface area contributed by atoms with Crippen LogP contribution in [0.2, 0.25) is 0 Å². The Labute approximate surface area is 86.9 Å². The summed E-state index contributed by atoms with van der Waals surface area (Å²) in [6.45, 7) is 2.19. The van der Waals surface area contributed by atoms with Crippen LogP contribution in [0.4, 0.5) is 0 Å². The smallest absolute Gasteiger partial charge is 0.312 e. The predicted molar refractivity (Wildman–Crippen MR) is 52.0 cm³/mol. The largest absolute Gasteiger partial charge is 0.481 e. The van der Waals surface area contributed by atoms with Crippen molar-refractivity contribution in [1.82, 2.24) is 15.1 Å². The zero-order chi connectivity index (χ0) is 11.4. The number of aliphatic carboxylic acids is 1. The number of nitrogens with one attached hydrogen (secondary N) is 1. The highest BCUT2D eigenvalue weighted by molar-refractivity contribution is 5.93. The molecule has 0 atom stereocenters. The number of rotatable bonds is 4. The minimum atomic E-state index is -1.13. The van der Waals surface area contributed by atoms with Crippen LogP contribution in [0.25, 0.3) is 0 Å². The lowest BCUT2D eigenvalue weighted by Crippen LogP contribution is -2.25. The summed E-state index contributed by atoms with van der Waals surface area (Å²) in [6.07, 6.45) is 1.15. The normalized spacial score (nSPS) is 10.0. The Kier molecular flexibility index (Phi) is 3.43. The van der Waals surface area contributed by atoms with E-state index in [1.54, 1.807) is 17.9 Å². The van der Waals surface area contributed by atoms with Gasteiger partial charge >= 0.3 is 5.97 Å². The number of carbonyl (C=O) groups excluding carboxylic acids is 1. The van der Waals surface area contributed by atoms with Crippen LogP contribution in [0.15, 0.2) is 6.20 Å². The summed E-state index contributed by atoms with van der Waals surface area (Å²) >= 11 is 0. The second-order valence-corrected chi connectivity index (χ2v) is 3.23. The SMILES string of the molecule is Cc1c(CNC(=O)CC(=O)O)cnn1C. The van der Waals surface area contributed by atoms with Crippen molar-refractivity contribution in [1.29, 1.82) is 0 Å². The van der Waals surface area contributed by atoms with Crippen molar-refractivity contribution in [3.8, 4) is 0 Å². The average Bonchev–Trinajstić information content (AvgIpc) is 2.44. The van der Waals surface area contributed by atoms with E-state index in [1.165, 1.54) is 0 Å². The standard InChI is InChI=1S/C9H13N3O3/c1-6-7(5-11-12(6)2)4-10-8(13)3-9(14)15/h5H,3-4H2,1-2H3,(H,10,13)(H,14,15). The molecule has 0 aliphatic rings. The molecule has 15 heavy (non-hydrogen) atoms. The molecule has 0 saturated heterocycles. The molecule has 2 N–H and O–H groups in total. The first kappa shape index (κ1) is 11.2. The van der Waals surface area contributed by atoms with Gasteiger partial charge in [-0.15, -0.1) is 0 Å². The van der Waals surface area contributed by atoms with Crippen molar-refractivity contribution in [2.24, 2.45) is 7.05 Å². The molecule has 1 amide bonds. The lowest BCUT2D eigenvalue weighted by atomic mass is 10.2. The van der Waals surface area contributed by atoms with E-state index in [0.29, 0.717) is 6.54 Å². The maximum atomic E-state index is 11.0. The van der Waals surface area contributed by atoms with E-state index in [-0.39, 0.29) is 0 Å². The van der Waals surface area contributed by atoms with E-state index in [2.05, 4.69) is 10.4 Å². The molecule has 0 radical (unpaired) electrons. The molecule has 1 heterocycles. The van der Waals surface area contributed by atoms with Crippen LogP contribution in [-0.2, 0) is 23.2 Å².